The molecule has 1 amide bonds. The van der Waals surface area contributed by atoms with Gasteiger partial charge in [-0.2, -0.15) is 0 Å². The number of amides is 1. The summed E-state index contributed by atoms with van der Waals surface area (Å²) in [4.78, 5) is 12.1. The maximum atomic E-state index is 12.1. The van der Waals surface area contributed by atoms with Crippen molar-refractivity contribution in [2.45, 2.75) is 99.0 Å². The average molecular weight is 452 g/mol. The normalized spacial score (nSPS) is 27.8. The third kappa shape index (κ3) is 6.52. The van der Waals surface area contributed by atoms with Gasteiger partial charge in [-0.3, -0.25) is 5.32 Å². The molecule has 1 fully saturated rings. The topological polar surface area (TPSA) is 38.3 Å². The van der Waals surface area contributed by atoms with Crippen LogP contribution in [0.2, 0.25) is 0 Å². The first-order chi connectivity index (χ1) is 15.6. The molecule has 0 bridgehead atoms. The summed E-state index contributed by atoms with van der Waals surface area (Å²) >= 11 is 0. The van der Waals surface area contributed by atoms with Crippen LogP contribution >= 0.6 is 0 Å². The zero-order valence-corrected chi connectivity index (χ0v) is 21.7. The molecule has 3 heteroatoms. The van der Waals surface area contributed by atoms with Crippen LogP contribution in [-0.4, -0.2) is 12.2 Å². The lowest BCUT2D eigenvalue weighted by atomic mass is 9.48. The zero-order chi connectivity index (χ0) is 24.1. The van der Waals surface area contributed by atoms with Crippen LogP contribution in [0.5, 0.6) is 0 Å². The number of carbonyl (C=O) groups is 1. The molecule has 0 aliphatic heterocycles. The highest BCUT2D eigenvalue weighted by Gasteiger charge is 2.51. The number of nitrogens with one attached hydrogen (secondary N) is 1. The molecule has 0 spiro atoms. The minimum atomic E-state index is -0.382. The maximum absolute atomic E-state index is 12.1. The van der Waals surface area contributed by atoms with E-state index >= 15 is 0 Å². The van der Waals surface area contributed by atoms with E-state index in [0.29, 0.717) is 16.7 Å². The molecule has 2 aliphatic carbocycles. The number of rotatable bonds is 8. The Labute approximate surface area is 202 Å². The molecule has 1 aromatic carbocycles. The van der Waals surface area contributed by atoms with E-state index in [-0.39, 0.29) is 12.2 Å². The van der Waals surface area contributed by atoms with E-state index in [4.69, 9.17) is 4.74 Å². The van der Waals surface area contributed by atoms with Crippen LogP contribution in [0, 0.1) is 22.7 Å². The van der Waals surface area contributed by atoms with E-state index in [1.807, 2.05) is 37.3 Å². The monoisotopic (exact) mass is 451 g/mol. The Balaban J connectivity index is 1.46. The molecule has 3 rings (SSSR count). The average Bonchev–Trinajstić information content (AvgIpc) is 2.73. The van der Waals surface area contributed by atoms with Crippen molar-refractivity contribution in [2.75, 3.05) is 5.32 Å². The SMILES string of the molecule is CC(=CCC[C@@H](C)OC(=O)Nc1ccccc1)CC[C@@H]1C(C)=CC[C@@H]2C(C)(C)CCC[C@]12C. The van der Waals surface area contributed by atoms with Crippen LogP contribution in [0.4, 0.5) is 10.5 Å². The van der Waals surface area contributed by atoms with Gasteiger partial charge in [0.15, 0.2) is 0 Å². The number of allylic oxidation sites excluding steroid dienone is 4. The number of anilines is 1. The predicted molar refractivity (Wildman–Crippen MR) is 139 cm³/mol. The van der Waals surface area contributed by atoms with Gasteiger partial charge in [-0.05, 0) is 101 Å². The summed E-state index contributed by atoms with van der Waals surface area (Å²) < 4.78 is 5.51. The van der Waals surface area contributed by atoms with Gasteiger partial charge in [0, 0.05) is 5.69 Å². The van der Waals surface area contributed by atoms with E-state index in [0.717, 1.165) is 30.9 Å². The molecule has 4 atom stereocenters. The first-order valence-electron chi connectivity index (χ1n) is 13.0. The Morgan fingerprint density at radius 2 is 1.94 bits per heavy atom. The molecule has 182 valence electrons. The van der Waals surface area contributed by atoms with Gasteiger partial charge in [0.25, 0.3) is 0 Å². The number of para-hydroxylation sites is 1. The molecule has 0 heterocycles. The Morgan fingerprint density at radius 3 is 2.67 bits per heavy atom. The number of hydrogen-bond acceptors (Lipinski definition) is 2. The van der Waals surface area contributed by atoms with Crippen LogP contribution < -0.4 is 5.32 Å². The number of ether oxygens (including phenoxy) is 1. The van der Waals surface area contributed by atoms with Crippen LogP contribution in [0.1, 0.15) is 92.9 Å². The molecule has 1 saturated carbocycles. The van der Waals surface area contributed by atoms with Gasteiger partial charge in [0.05, 0.1) is 0 Å². The van der Waals surface area contributed by atoms with Gasteiger partial charge in [-0.1, -0.05) is 68.7 Å². The summed E-state index contributed by atoms with van der Waals surface area (Å²) in [6, 6.07) is 9.43. The minimum absolute atomic E-state index is 0.106. The molecule has 1 N–H and O–H groups in total. The number of carbonyl (C=O) groups excluding carboxylic acids is 1. The van der Waals surface area contributed by atoms with Crippen molar-refractivity contribution in [1.82, 2.24) is 0 Å². The molecule has 3 nitrogen and oxygen atoms in total. The van der Waals surface area contributed by atoms with Crippen LogP contribution in [0.25, 0.3) is 0 Å². The van der Waals surface area contributed by atoms with Crippen molar-refractivity contribution in [1.29, 1.82) is 0 Å². The van der Waals surface area contributed by atoms with Crippen molar-refractivity contribution in [3.8, 4) is 0 Å². The van der Waals surface area contributed by atoms with Gasteiger partial charge in [0.2, 0.25) is 0 Å². The highest BCUT2D eigenvalue weighted by molar-refractivity contribution is 5.84. The lowest BCUT2D eigenvalue weighted by Crippen LogP contribution is -2.48. The number of fused-ring (bicyclic) bond motifs is 1. The zero-order valence-electron chi connectivity index (χ0n) is 21.7. The second-order valence-corrected chi connectivity index (χ2v) is 11.5. The lowest BCUT2D eigenvalue weighted by Gasteiger charge is -2.57. The van der Waals surface area contributed by atoms with Crippen molar-refractivity contribution in [3.05, 3.63) is 53.6 Å². The maximum Gasteiger partial charge on any atom is 0.411 e. The Morgan fingerprint density at radius 1 is 1.21 bits per heavy atom. The smallest absolute Gasteiger partial charge is 0.411 e. The van der Waals surface area contributed by atoms with E-state index in [1.165, 1.54) is 37.7 Å². The van der Waals surface area contributed by atoms with Crippen LogP contribution in [-0.2, 0) is 4.74 Å². The second-order valence-electron chi connectivity index (χ2n) is 11.5. The van der Waals surface area contributed by atoms with E-state index in [1.54, 1.807) is 5.57 Å². The van der Waals surface area contributed by atoms with Gasteiger partial charge in [-0.25, -0.2) is 4.79 Å². The Hall–Kier alpha value is -2.03. The highest BCUT2D eigenvalue weighted by atomic mass is 16.6. The molecule has 0 radical (unpaired) electrons. The van der Waals surface area contributed by atoms with Gasteiger partial charge < -0.3 is 4.74 Å². The van der Waals surface area contributed by atoms with Crippen LogP contribution in [0.15, 0.2) is 53.6 Å². The number of benzene rings is 1. The molecule has 1 aromatic rings. The Kier molecular flexibility index (Phi) is 8.48. The van der Waals surface area contributed by atoms with Crippen molar-refractivity contribution < 1.29 is 9.53 Å². The quantitative estimate of drug-likeness (QED) is 0.401. The summed E-state index contributed by atoms with van der Waals surface area (Å²) in [5.74, 6) is 1.50. The molecular formula is C30H45NO2. The molecular weight excluding hydrogens is 406 g/mol. The van der Waals surface area contributed by atoms with Crippen LogP contribution in [0.3, 0.4) is 0 Å². The first-order valence-corrected chi connectivity index (χ1v) is 13.0. The third-order valence-corrected chi connectivity index (χ3v) is 8.52. The highest BCUT2D eigenvalue weighted by Crippen LogP contribution is 2.60. The van der Waals surface area contributed by atoms with Gasteiger partial charge >= 0.3 is 6.09 Å². The standard InChI is InChI=1S/C30H45NO2/c1-22(12-10-13-24(3)33-28(32)31-25-14-8-7-9-15-25)16-18-26-23(2)17-19-27-29(4,5)20-11-21-30(26,27)6/h7-9,12,14-15,17,24,26-27H,10-11,13,16,18-21H2,1-6H3,(H,31,32)/t24-,26-,27-,30-/m1/s1. The predicted octanol–water partition coefficient (Wildman–Crippen LogP) is 8.93. The lowest BCUT2D eigenvalue weighted by molar-refractivity contribution is -0.0390. The first kappa shape index (κ1) is 25.6. The van der Waals surface area contributed by atoms with Gasteiger partial charge in [0.1, 0.15) is 6.10 Å². The summed E-state index contributed by atoms with van der Waals surface area (Å²) in [5, 5.41) is 2.78. The van der Waals surface area contributed by atoms with E-state index in [2.05, 4.69) is 52.1 Å². The molecule has 2 aliphatic rings. The second kappa shape index (κ2) is 10.9. The third-order valence-electron chi connectivity index (χ3n) is 8.52. The minimum Gasteiger partial charge on any atom is -0.446 e. The fourth-order valence-corrected chi connectivity index (χ4v) is 6.64. The van der Waals surface area contributed by atoms with Crippen molar-refractivity contribution in [2.24, 2.45) is 22.7 Å². The van der Waals surface area contributed by atoms with Crippen molar-refractivity contribution in [3.63, 3.8) is 0 Å². The largest absolute Gasteiger partial charge is 0.446 e. The summed E-state index contributed by atoms with van der Waals surface area (Å²) in [5.41, 5.74) is 4.73. The fourth-order valence-electron chi connectivity index (χ4n) is 6.64. The summed E-state index contributed by atoms with van der Waals surface area (Å²) in [7, 11) is 0. The number of hydrogen-bond donors (Lipinski definition) is 1. The summed E-state index contributed by atoms with van der Waals surface area (Å²) in [6.07, 6.45) is 14.0. The van der Waals surface area contributed by atoms with Crippen molar-refractivity contribution >= 4 is 11.8 Å². The molecule has 33 heavy (non-hydrogen) atoms. The Bertz CT molecular complexity index is 853. The van der Waals surface area contributed by atoms with Gasteiger partial charge in [-0.15, -0.1) is 0 Å². The molecule has 0 aromatic heterocycles. The molecule has 0 saturated heterocycles. The summed E-state index contributed by atoms with van der Waals surface area (Å²) in [6.45, 7) is 14.2. The van der Waals surface area contributed by atoms with E-state index < -0.39 is 0 Å². The molecule has 0 unspecified atom stereocenters. The van der Waals surface area contributed by atoms with E-state index in [9.17, 15) is 4.79 Å². The fraction of sp³-hybridized carbons (Fsp3) is 0.633.